The molecule has 1 aromatic carbocycles. The van der Waals surface area contributed by atoms with E-state index in [9.17, 15) is 9.59 Å². The van der Waals surface area contributed by atoms with Crippen LogP contribution in [0.1, 0.15) is 25.7 Å². The number of hydrogen-bond acceptors (Lipinski definition) is 3. The maximum absolute atomic E-state index is 12.8. The summed E-state index contributed by atoms with van der Waals surface area (Å²) in [6, 6.07) is 9.45. The fourth-order valence-electron chi connectivity index (χ4n) is 3.69. The number of benzene rings is 1. The zero-order valence-electron chi connectivity index (χ0n) is 14.4. The van der Waals surface area contributed by atoms with Gasteiger partial charge < -0.3 is 20.9 Å². The summed E-state index contributed by atoms with van der Waals surface area (Å²) in [6.45, 7) is 2.51. The molecule has 2 aliphatic heterocycles. The van der Waals surface area contributed by atoms with Crippen LogP contribution in [0.5, 0.6) is 0 Å². The quantitative estimate of drug-likeness (QED) is 0.861. The Hall–Kier alpha value is -1.79. The van der Waals surface area contributed by atoms with E-state index in [0.29, 0.717) is 19.6 Å². The lowest BCUT2D eigenvalue weighted by atomic mass is 9.96. The molecule has 7 heteroatoms. The number of piperidine rings is 1. The largest absolute Gasteiger partial charge is 0.338 e. The molecule has 1 aromatic rings. The number of rotatable bonds is 3. The van der Waals surface area contributed by atoms with Crippen molar-refractivity contribution in [1.82, 2.24) is 9.80 Å². The molecule has 0 saturated carbocycles. The van der Waals surface area contributed by atoms with Crippen molar-refractivity contribution in [3.8, 4) is 0 Å². The Morgan fingerprint density at radius 3 is 2.56 bits per heavy atom. The van der Waals surface area contributed by atoms with Gasteiger partial charge in [0.2, 0.25) is 5.91 Å². The lowest BCUT2D eigenvalue weighted by Gasteiger charge is -2.35. The summed E-state index contributed by atoms with van der Waals surface area (Å²) in [6.07, 6.45) is 3.73. The summed E-state index contributed by atoms with van der Waals surface area (Å²) >= 11 is 0. The molecule has 0 aliphatic carbocycles. The molecule has 2 atom stereocenters. The van der Waals surface area contributed by atoms with Crippen LogP contribution in [0.15, 0.2) is 30.3 Å². The molecule has 25 heavy (non-hydrogen) atoms. The lowest BCUT2D eigenvalue weighted by molar-refractivity contribution is -0.137. The van der Waals surface area contributed by atoms with Gasteiger partial charge in [-0.1, -0.05) is 18.2 Å². The molecule has 6 nitrogen and oxygen atoms in total. The van der Waals surface area contributed by atoms with Gasteiger partial charge in [-0.2, -0.15) is 0 Å². The van der Waals surface area contributed by atoms with E-state index >= 15 is 0 Å². The predicted molar refractivity (Wildman–Crippen MR) is 101 cm³/mol. The van der Waals surface area contributed by atoms with E-state index in [2.05, 4.69) is 5.32 Å². The second-order valence-electron chi connectivity index (χ2n) is 6.64. The van der Waals surface area contributed by atoms with Crippen molar-refractivity contribution in [2.75, 3.05) is 31.5 Å². The Morgan fingerprint density at radius 1 is 1.12 bits per heavy atom. The molecule has 2 unspecified atom stereocenters. The van der Waals surface area contributed by atoms with Gasteiger partial charge in [-0.05, 0) is 37.8 Å². The molecule has 0 bridgehead atoms. The minimum Gasteiger partial charge on any atom is -0.338 e. The first-order chi connectivity index (χ1) is 11.7. The van der Waals surface area contributed by atoms with Crippen molar-refractivity contribution >= 4 is 30.0 Å². The highest BCUT2D eigenvalue weighted by Gasteiger charge is 2.35. The molecule has 2 aliphatic rings. The number of urea groups is 1. The number of nitrogens with two attached hydrogens (primary N) is 1. The Bertz CT molecular complexity index is 584. The second kappa shape index (κ2) is 9.06. The molecule has 0 radical (unpaired) electrons. The number of carbonyl (C=O) groups is 2. The molecule has 2 fully saturated rings. The van der Waals surface area contributed by atoms with Crippen LogP contribution in [-0.4, -0.2) is 54.0 Å². The number of amides is 3. The molecular weight excluding hydrogens is 340 g/mol. The number of nitrogens with zero attached hydrogens (tertiary/aromatic N) is 2. The first-order valence-electron chi connectivity index (χ1n) is 8.80. The van der Waals surface area contributed by atoms with Crippen molar-refractivity contribution in [1.29, 1.82) is 0 Å². The number of para-hydroxylation sites is 1. The monoisotopic (exact) mass is 366 g/mol. The van der Waals surface area contributed by atoms with Crippen molar-refractivity contribution < 1.29 is 9.59 Å². The standard InChI is InChI=1S/C18H26N4O2.ClH/c19-12-16-9-5-11-22(16)17(23)14-6-4-10-21(13-14)18(24)20-15-7-2-1-3-8-15;/h1-3,7-8,14,16H,4-6,9-13,19H2,(H,20,24);1H. The van der Waals surface area contributed by atoms with Gasteiger partial charge in [0.15, 0.2) is 0 Å². The SMILES string of the molecule is Cl.NCC1CCCN1C(=O)C1CCCN(C(=O)Nc2ccccc2)C1. The van der Waals surface area contributed by atoms with E-state index in [-0.39, 0.29) is 36.3 Å². The van der Waals surface area contributed by atoms with Crippen molar-refractivity contribution in [2.45, 2.75) is 31.7 Å². The summed E-state index contributed by atoms with van der Waals surface area (Å²) in [5.41, 5.74) is 6.56. The molecule has 0 aromatic heterocycles. The lowest BCUT2D eigenvalue weighted by Crippen LogP contribution is -2.50. The summed E-state index contributed by atoms with van der Waals surface area (Å²) in [5, 5.41) is 2.90. The van der Waals surface area contributed by atoms with Gasteiger partial charge >= 0.3 is 6.03 Å². The molecule has 3 rings (SSSR count). The van der Waals surface area contributed by atoms with Crippen LogP contribution < -0.4 is 11.1 Å². The van der Waals surface area contributed by atoms with Gasteiger partial charge in [0.05, 0.1) is 5.92 Å². The molecular formula is C18H27ClN4O2. The van der Waals surface area contributed by atoms with E-state index in [4.69, 9.17) is 5.73 Å². The Balaban J connectivity index is 0.00000225. The molecule has 3 N–H and O–H groups in total. The minimum atomic E-state index is -0.129. The normalized spacial score (nSPS) is 23.1. The van der Waals surface area contributed by atoms with Gasteiger partial charge in [-0.25, -0.2) is 4.79 Å². The van der Waals surface area contributed by atoms with E-state index in [1.807, 2.05) is 35.2 Å². The Morgan fingerprint density at radius 2 is 1.84 bits per heavy atom. The average molecular weight is 367 g/mol. The topological polar surface area (TPSA) is 78.7 Å². The predicted octanol–water partition coefficient (Wildman–Crippen LogP) is 2.30. The van der Waals surface area contributed by atoms with Gasteiger partial charge in [0, 0.05) is 37.9 Å². The average Bonchev–Trinajstić information content (AvgIpc) is 3.10. The number of likely N-dealkylation sites (tertiary alicyclic amines) is 2. The van der Waals surface area contributed by atoms with Crippen LogP contribution in [0.25, 0.3) is 0 Å². The third-order valence-corrected chi connectivity index (χ3v) is 5.02. The summed E-state index contributed by atoms with van der Waals surface area (Å²) in [7, 11) is 0. The highest BCUT2D eigenvalue weighted by atomic mass is 35.5. The van der Waals surface area contributed by atoms with Crippen molar-refractivity contribution in [3.63, 3.8) is 0 Å². The Kier molecular flexibility index (Phi) is 7.08. The number of hydrogen-bond donors (Lipinski definition) is 2. The highest BCUT2D eigenvalue weighted by molar-refractivity contribution is 5.90. The second-order valence-corrected chi connectivity index (χ2v) is 6.64. The third kappa shape index (κ3) is 4.64. The molecule has 2 saturated heterocycles. The number of carbonyl (C=O) groups excluding carboxylic acids is 2. The minimum absolute atomic E-state index is 0. The van der Waals surface area contributed by atoms with E-state index in [0.717, 1.165) is 37.9 Å². The fraction of sp³-hybridized carbons (Fsp3) is 0.556. The zero-order valence-corrected chi connectivity index (χ0v) is 15.2. The van der Waals surface area contributed by atoms with Gasteiger partial charge in [-0.15, -0.1) is 12.4 Å². The van der Waals surface area contributed by atoms with Crippen LogP contribution in [0, 0.1) is 5.92 Å². The van der Waals surface area contributed by atoms with Crippen molar-refractivity contribution in [3.05, 3.63) is 30.3 Å². The molecule has 138 valence electrons. The molecule has 2 heterocycles. The number of nitrogens with one attached hydrogen (secondary N) is 1. The Labute approximate surface area is 155 Å². The van der Waals surface area contributed by atoms with Gasteiger partial charge in [0.25, 0.3) is 0 Å². The van der Waals surface area contributed by atoms with E-state index < -0.39 is 0 Å². The maximum Gasteiger partial charge on any atom is 0.321 e. The first kappa shape index (κ1) is 19.5. The molecule has 0 spiro atoms. The van der Waals surface area contributed by atoms with Crippen LogP contribution in [0.3, 0.4) is 0 Å². The fourth-order valence-corrected chi connectivity index (χ4v) is 3.69. The highest BCUT2D eigenvalue weighted by Crippen LogP contribution is 2.24. The maximum atomic E-state index is 12.8. The van der Waals surface area contributed by atoms with Crippen molar-refractivity contribution in [2.24, 2.45) is 11.7 Å². The summed E-state index contributed by atoms with van der Waals surface area (Å²) in [5.74, 6) is 0.0626. The van der Waals surface area contributed by atoms with Crippen LogP contribution in [0.2, 0.25) is 0 Å². The number of anilines is 1. The summed E-state index contributed by atoms with van der Waals surface area (Å²) < 4.78 is 0. The number of halogens is 1. The van der Waals surface area contributed by atoms with Crippen LogP contribution in [0.4, 0.5) is 10.5 Å². The first-order valence-corrected chi connectivity index (χ1v) is 8.80. The van der Waals surface area contributed by atoms with E-state index in [1.54, 1.807) is 4.90 Å². The van der Waals surface area contributed by atoms with Gasteiger partial charge in [-0.3, -0.25) is 4.79 Å². The van der Waals surface area contributed by atoms with E-state index in [1.165, 1.54) is 0 Å². The smallest absolute Gasteiger partial charge is 0.321 e. The summed E-state index contributed by atoms with van der Waals surface area (Å²) in [4.78, 5) is 28.9. The molecule has 3 amide bonds. The third-order valence-electron chi connectivity index (χ3n) is 5.02. The zero-order chi connectivity index (χ0) is 16.9. The van der Waals surface area contributed by atoms with Crippen LogP contribution in [-0.2, 0) is 4.79 Å². The van der Waals surface area contributed by atoms with Gasteiger partial charge in [0.1, 0.15) is 0 Å². The van der Waals surface area contributed by atoms with Crippen LogP contribution >= 0.6 is 12.4 Å².